The molecule has 4 nitrogen and oxygen atoms in total. The normalized spacial score (nSPS) is 12.5. The Morgan fingerprint density at radius 1 is 1.04 bits per heavy atom. The monoisotopic (exact) mass is 341 g/mol. The summed E-state index contributed by atoms with van der Waals surface area (Å²) in [5.41, 5.74) is 8.52. The maximum Gasteiger partial charge on any atom is 0.286 e. The van der Waals surface area contributed by atoms with Crippen molar-refractivity contribution in [1.82, 2.24) is 14.5 Å². The third kappa shape index (κ3) is 1.99. The van der Waals surface area contributed by atoms with Crippen molar-refractivity contribution in [2.75, 3.05) is 0 Å². The molecule has 3 heterocycles. The third-order valence-corrected chi connectivity index (χ3v) is 5.45. The molecular weight excluding hydrogens is 320 g/mol. The van der Waals surface area contributed by atoms with Crippen LogP contribution >= 0.6 is 0 Å². The van der Waals surface area contributed by atoms with Crippen molar-refractivity contribution in [3.63, 3.8) is 0 Å². The fourth-order valence-corrected chi connectivity index (χ4v) is 4.27. The Morgan fingerprint density at radius 2 is 1.81 bits per heavy atom. The molecule has 0 spiro atoms. The van der Waals surface area contributed by atoms with Crippen LogP contribution in [-0.4, -0.2) is 14.5 Å². The fraction of sp³-hybridized carbons (Fsp3) is 0.227. The number of imidazole rings is 1. The molecule has 0 unspecified atom stereocenters. The zero-order valence-electron chi connectivity index (χ0n) is 15.5. The van der Waals surface area contributed by atoms with E-state index in [1.165, 1.54) is 38.8 Å². The Kier molecular flexibility index (Phi) is 3.08. The summed E-state index contributed by atoms with van der Waals surface area (Å²) in [5.74, 6) is 1.13. The largest absolute Gasteiger partial charge is 0.302 e. The van der Waals surface area contributed by atoms with Gasteiger partial charge in [-0.15, -0.1) is 0 Å². The van der Waals surface area contributed by atoms with E-state index in [-0.39, 0.29) is 0 Å². The molecule has 1 aliphatic heterocycles. The molecule has 0 aliphatic carbocycles. The molecule has 0 bridgehead atoms. The van der Waals surface area contributed by atoms with Gasteiger partial charge in [0.25, 0.3) is 6.33 Å². The molecule has 2 aromatic carbocycles. The molecular formula is C22H21N4+. The average molecular weight is 341 g/mol. The number of hydrogen-bond acceptors (Lipinski definition) is 2. The van der Waals surface area contributed by atoms with Crippen molar-refractivity contribution < 1.29 is 4.57 Å². The zero-order valence-corrected chi connectivity index (χ0v) is 15.5. The van der Waals surface area contributed by atoms with Gasteiger partial charge in [0.2, 0.25) is 0 Å². The van der Waals surface area contributed by atoms with Crippen molar-refractivity contribution in [3.8, 4) is 16.9 Å². The first kappa shape index (κ1) is 15.3. The molecule has 0 amide bonds. The first-order chi connectivity index (χ1) is 12.5. The van der Waals surface area contributed by atoms with Crippen LogP contribution in [0.25, 0.3) is 27.7 Å². The highest BCUT2D eigenvalue weighted by Crippen LogP contribution is 2.42. The van der Waals surface area contributed by atoms with Crippen LogP contribution in [0, 0.1) is 20.8 Å². The Hall–Kier alpha value is -3.01. The van der Waals surface area contributed by atoms with Gasteiger partial charge in [0.05, 0.1) is 18.4 Å². The van der Waals surface area contributed by atoms with Gasteiger partial charge in [-0.25, -0.2) is 9.55 Å². The van der Waals surface area contributed by atoms with Gasteiger partial charge in [0.15, 0.2) is 5.69 Å². The Balaban J connectivity index is 1.98. The number of benzene rings is 2. The van der Waals surface area contributed by atoms with E-state index in [4.69, 9.17) is 4.98 Å². The molecule has 128 valence electrons. The van der Waals surface area contributed by atoms with Crippen molar-refractivity contribution in [2.24, 2.45) is 7.05 Å². The first-order valence-electron chi connectivity index (χ1n) is 8.96. The molecule has 4 aromatic rings. The average Bonchev–Trinajstić information content (AvgIpc) is 3.15. The molecule has 0 saturated heterocycles. The van der Waals surface area contributed by atoms with Crippen molar-refractivity contribution in [3.05, 3.63) is 71.2 Å². The number of aryl methyl sites for hydroxylation is 4. The van der Waals surface area contributed by atoms with Crippen molar-refractivity contribution >= 4 is 10.8 Å². The standard InChI is InChI=1S/C22H21N4/c1-13-9-19(25(4)12-23-13)21-15(3)16-7-5-6-8-17(16)18-10-20-24-14(2)11-26(20)22(18)21/h5-9,11-12H,10H2,1-4H3/q+1. The third-order valence-electron chi connectivity index (χ3n) is 5.45. The van der Waals surface area contributed by atoms with Gasteiger partial charge in [0.1, 0.15) is 11.5 Å². The molecule has 0 radical (unpaired) electrons. The Bertz CT molecular complexity index is 1200. The number of rotatable bonds is 1. The summed E-state index contributed by atoms with van der Waals surface area (Å²) in [6.07, 6.45) is 4.94. The number of hydrogen-bond donors (Lipinski definition) is 0. The molecule has 0 saturated carbocycles. The van der Waals surface area contributed by atoms with E-state index < -0.39 is 0 Å². The fourth-order valence-electron chi connectivity index (χ4n) is 4.27. The Morgan fingerprint density at radius 3 is 2.62 bits per heavy atom. The smallest absolute Gasteiger partial charge is 0.286 e. The van der Waals surface area contributed by atoms with E-state index in [1.54, 1.807) is 0 Å². The molecule has 0 fully saturated rings. The topological polar surface area (TPSA) is 34.6 Å². The molecule has 0 atom stereocenters. The second-order valence-corrected chi connectivity index (χ2v) is 7.24. The van der Waals surface area contributed by atoms with Gasteiger partial charge >= 0.3 is 0 Å². The highest BCUT2D eigenvalue weighted by atomic mass is 15.1. The lowest BCUT2D eigenvalue weighted by atomic mass is 9.91. The highest BCUT2D eigenvalue weighted by molar-refractivity contribution is 5.99. The maximum atomic E-state index is 4.76. The van der Waals surface area contributed by atoms with E-state index in [2.05, 4.69) is 71.5 Å². The highest BCUT2D eigenvalue weighted by Gasteiger charge is 2.29. The van der Waals surface area contributed by atoms with Crippen LogP contribution in [-0.2, 0) is 13.5 Å². The minimum absolute atomic E-state index is 0.880. The molecule has 1 aliphatic rings. The van der Waals surface area contributed by atoms with Gasteiger partial charge in [-0.1, -0.05) is 29.2 Å². The van der Waals surface area contributed by atoms with Gasteiger partial charge in [-0.05, 0) is 35.7 Å². The van der Waals surface area contributed by atoms with E-state index in [0.29, 0.717) is 0 Å². The van der Waals surface area contributed by atoms with Crippen LogP contribution < -0.4 is 4.57 Å². The second-order valence-electron chi connectivity index (χ2n) is 7.24. The minimum Gasteiger partial charge on any atom is -0.302 e. The van der Waals surface area contributed by atoms with E-state index >= 15 is 0 Å². The maximum absolute atomic E-state index is 4.76. The van der Waals surface area contributed by atoms with Crippen molar-refractivity contribution in [1.29, 1.82) is 0 Å². The zero-order chi connectivity index (χ0) is 18.0. The van der Waals surface area contributed by atoms with Gasteiger partial charge in [-0.2, -0.15) is 0 Å². The molecule has 5 rings (SSSR count). The lowest BCUT2D eigenvalue weighted by Gasteiger charge is -2.17. The SMILES string of the molecule is Cc1cc(-c2c3c(c4ccccc4c2C)Cc2nc(C)cn2-3)[n+](C)cn1. The quantitative estimate of drug-likeness (QED) is 0.435. The predicted octanol–water partition coefficient (Wildman–Crippen LogP) is 3.74. The number of aromatic nitrogens is 4. The lowest BCUT2D eigenvalue weighted by molar-refractivity contribution is -0.663. The molecule has 4 heteroatoms. The van der Waals surface area contributed by atoms with Gasteiger partial charge in [-0.3, -0.25) is 0 Å². The summed E-state index contributed by atoms with van der Waals surface area (Å²) in [4.78, 5) is 9.20. The molecule has 2 aromatic heterocycles. The Labute approximate surface area is 152 Å². The van der Waals surface area contributed by atoms with Gasteiger partial charge in [0, 0.05) is 31.2 Å². The van der Waals surface area contributed by atoms with Crippen LogP contribution in [0.1, 0.15) is 28.3 Å². The first-order valence-corrected chi connectivity index (χ1v) is 8.96. The van der Waals surface area contributed by atoms with Crippen LogP contribution in [0.15, 0.2) is 42.9 Å². The van der Waals surface area contributed by atoms with E-state index in [9.17, 15) is 0 Å². The van der Waals surface area contributed by atoms with Crippen LogP contribution in [0.4, 0.5) is 0 Å². The van der Waals surface area contributed by atoms with E-state index in [1.807, 2.05) is 13.3 Å². The number of fused-ring (bicyclic) bond motifs is 5. The summed E-state index contributed by atoms with van der Waals surface area (Å²) >= 11 is 0. The van der Waals surface area contributed by atoms with E-state index in [0.717, 1.165) is 23.6 Å². The lowest BCUT2D eigenvalue weighted by Crippen LogP contribution is -2.32. The minimum atomic E-state index is 0.880. The summed E-state index contributed by atoms with van der Waals surface area (Å²) in [5, 5.41) is 2.65. The summed E-state index contributed by atoms with van der Waals surface area (Å²) in [6.45, 7) is 6.34. The summed E-state index contributed by atoms with van der Waals surface area (Å²) in [7, 11) is 2.07. The second kappa shape index (κ2) is 5.24. The molecule has 26 heavy (non-hydrogen) atoms. The summed E-state index contributed by atoms with van der Waals surface area (Å²) < 4.78 is 4.40. The summed E-state index contributed by atoms with van der Waals surface area (Å²) in [6, 6.07) is 10.9. The van der Waals surface area contributed by atoms with Crippen LogP contribution in [0.3, 0.4) is 0 Å². The molecule has 0 N–H and O–H groups in total. The number of nitrogens with zero attached hydrogens (tertiary/aromatic N) is 4. The van der Waals surface area contributed by atoms with Crippen molar-refractivity contribution in [2.45, 2.75) is 27.2 Å². The van der Waals surface area contributed by atoms with Crippen LogP contribution in [0.5, 0.6) is 0 Å². The van der Waals surface area contributed by atoms with Crippen LogP contribution in [0.2, 0.25) is 0 Å². The predicted molar refractivity (Wildman–Crippen MR) is 102 cm³/mol. The van der Waals surface area contributed by atoms with Gasteiger partial charge < -0.3 is 4.57 Å².